The zero-order valence-electron chi connectivity index (χ0n) is 15.1. The van der Waals surface area contributed by atoms with Crippen molar-refractivity contribution in [2.75, 3.05) is 0 Å². The number of aliphatic hydroxyl groups excluding tert-OH is 1. The van der Waals surface area contributed by atoms with Gasteiger partial charge in [-0.15, -0.1) is 0 Å². The van der Waals surface area contributed by atoms with E-state index in [9.17, 15) is 19.5 Å². The summed E-state index contributed by atoms with van der Waals surface area (Å²) >= 11 is 0. The van der Waals surface area contributed by atoms with Gasteiger partial charge in [-0.2, -0.15) is 0 Å². The molecule has 0 bridgehead atoms. The van der Waals surface area contributed by atoms with Crippen LogP contribution >= 0.6 is 0 Å². The van der Waals surface area contributed by atoms with Gasteiger partial charge >= 0.3 is 5.97 Å². The Bertz CT molecular complexity index is 437. The van der Waals surface area contributed by atoms with Crippen molar-refractivity contribution in [2.45, 2.75) is 71.7 Å². The van der Waals surface area contributed by atoms with Gasteiger partial charge in [-0.3, -0.25) is 9.59 Å². The summed E-state index contributed by atoms with van der Waals surface area (Å²) in [5, 5.41) is 23.4. The first kappa shape index (κ1) is 22.3. The molecule has 8 nitrogen and oxygen atoms in total. The fourth-order valence-corrected chi connectivity index (χ4v) is 2.24. The van der Waals surface area contributed by atoms with E-state index in [-0.39, 0.29) is 11.8 Å². The number of hydrogen-bond donors (Lipinski definition) is 5. The molecule has 6 N–H and O–H groups in total. The molecule has 0 saturated heterocycles. The second kappa shape index (κ2) is 10.2. The lowest BCUT2D eigenvalue weighted by Crippen LogP contribution is -2.56. The Morgan fingerprint density at radius 3 is 1.79 bits per heavy atom. The minimum absolute atomic E-state index is 0.0946. The summed E-state index contributed by atoms with van der Waals surface area (Å²) in [7, 11) is 0. The molecule has 0 aliphatic carbocycles. The molecule has 0 rings (SSSR count). The molecule has 0 aromatic heterocycles. The highest BCUT2D eigenvalue weighted by molar-refractivity contribution is 5.91. The van der Waals surface area contributed by atoms with E-state index < -0.39 is 42.0 Å². The molecule has 0 heterocycles. The molecule has 2 amide bonds. The summed E-state index contributed by atoms with van der Waals surface area (Å²) in [5.41, 5.74) is 5.82. The molecule has 8 heteroatoms. The lowest BCUT2D eigenvalue weighted by Gasteiger charge is -2.25. The molecule has 4 atom stereocenters. The van der Waals surface area contributed by atoms with Crippen molar-refractivity contribution < 1.29 is 24.6 Å². The van der Waals surface area contributed by atoms with Crippen LogP contribution in [-0.4, -0.2) is 52.2 Å². The molecule has 0 spiro atoms. The van der Waals surface area contributed by atoms with Crippen LogP contribution in [0.4, 0.5) is 0 Å². The van der Waals surface area contributed by atoms with Gasteiger partial charge in [0.1, 0.15) is 6.04 Å². The molecule has 0 aromatic carbocycles. The van der Waals surface area contributed by atoms with Crippen molar-refractivity contribution in [1.82, 2.24) is 10.6 Å². The van der Waals surface area contributed by atoms with Crippen LogP contribution in [0.3, 0.4) is 0 Å². The zero-order valence-corrected chi connectivity index (χ0v) is 15.1. The molecule has 0 aliphatic rings. The van der Waals surface area contributed by atoms with Crippen molar-refractivity contribution in [1.29, 1.82) is 0 Å². The number of carbonyl (C=O) groups is 3. The van der Waals surface area contributed by atoms with Crippen LogP contribution in [0.25, 0.3) is 0 Å². The first-order valence-electron chi connectivity index (χ1n) is 8.22. The van der Waals surface area contributed by atoms with Gasteiger partial charge in [-0.05, 0) is 31.6 Å². The monoisotopic (exact) mass is 345 g/mol. The predicted octanol–water partition coefficient (Wildman–Crippen LogP) is -0.159. The number of carboxylic acid groups (broad SMARTS) is 1. The Labute approximate surface area is 143 Å². The molecule has 0 saturated carbocycles. The third-order valence-electron chi connectivity index (χ3n) is 3.45. The van der Waals surface area contributed by atoms with E-state index in [0.29, 0.717) is 12.8 Å². The molecule has 0 radical (unpaired) electrons. The Morgan fingerprint density at radius 2 is 1.42 bits per heavy atom. The Morgan fingerprint density at radius 1 is 0.917 bits per heavy atom. The molecule has 0 unspecified atom stereocenters. The highest BCUT2D eigenvalue weighted by atomic mass is 16.4. The Hall–Kier alpha value is -1.67. The van der Waals surface area contributed by atoms with Crippen molar-refractivity contribution in [3.05, 3.63) is 0 Å². The minimum atomic E-state index is -1.44. The second-order valence-corrected chi connectivity index (χ2v) is 6.99. The van der Waals surface area contributed by atoms with E-state index in [1.165, 1.54) is 6.92 Å². The summed E-state index contributed by atoms with van der Waals surface area (Å²) in [5.74, 6) is -2.12. The number of hydrogen-bond acceptors (Lipinski definition) is 5. The number of nitrogens with two attached hydrogens (primary N) is 1. The van der Waals surface area contributed by atoms with Crippen LogP contribution in [0.2, 0.25) is 0 Å². The van der Waals surface area contributed by atoms with Gasteiger partial charge in [0.15, 0.2) is 6.04 Å². The fourth-order valence-electron chi connectivity index (χ4n) is 2.24. The molecule has 140 valence electrons. The van der Waals surface area contributed by atoms with Crippen LogP contribution in [0.1, 0.15) is 47.5 Å². The molecule has 0 fully saturated rings. The van der Waals surface area contributed by atoms with Gasteiger partial charge in [0.2, 0.25) is 11.8 Å². The van der Waals surface area contributed by atoms with Crippen molar-refractivity contribution >= 4 is 17.8 Å². The summed E-state index contributed by atoms with van der Waals surface area (Å²) in [4.78, 5) is 35.6. The number of carboxylic acids is 1. The number of rotatable bonds is 10. The third-order valence-corrected chi connectivity index (χ3v) is 3.45. The quantitative estimate of drug-likeness (QED) is 0.372. The summed E-state index contributed by atoms with van der Waals surface area (Å²) < 4.78 is 0. The van der Waals surface area contributed by atoms with Gasteiger partial charge in [-0.25, -0.2) is 4.79 Å². The molecule has 0 aromatic rings. The van der Waals surface area contributed by atoms with E-state index in [4.69, 9.17) is 10.8 Å². The van der Waals surface area contributed by atoms with Crippen molar-refractivity contribution in [3.8, 4) is 0 Å². The van der Waals surface area contributed by atoms with E-state index in [2.05, 4.69) is 10.6 Å². The standard InChI is InChI=1S/C16H31N3O5/c1-8(2)6-11(17)14(21)18-12(7-9(3)4)15(22)19-13(10(5)20)16(23)24/h8-13,20H,6-7,17H2,1-5H3,(H,18,21)(H,19,22)(H,23,24)/t10-,11+,12+,13+/m1/s1. The van der Waals surface area contributed by atoms with Crippen LogP contribution in [0.15, 0.2) is 0 Å². The molecular weight excluding hydrogens is 314 g/mol. The number of aliphatic carboxylic acids is 1. The highest BCUT2D eigenvalue weighted by Crippen LogP contribution is 2.08. The number of aliphatic hydroxyl groups is 1. The smallest absolute Gasteiger partial charge is 0.328 e. The molecular formula is C16H31N3O5. The average molecular weight is 345 g/mol. The third kappa shape index (κ3) is 8.26. The SMILES string of the molecule is CC(C)C[C@H](NC(=O)[C@@H](N)CC(C)C)C(=O)N[C@H](C(=O)O)[C@@H](C)O. The summed E-state index contributed by atoms with van der Waals surface area (Å²) in [6.45, 7) is 8.90. The second-order valence-electron chi connectivity index (χ2n) is 6.99. The molecule has 24 heavy (non-hydrogen) atoms. The molecule has 0 aliphatic heterocycles. The first-order chi connectivity index (χ1) is 11.0. The number of nitrogens with one attached hydrogen (secondary N) is 2. The van der Waals surface area contributed by atoms with E-state index in [0.717, 1.165) is 0 Å². The van der Waals surface area contributed by atoms with E-state index >= 15 is 0 Å². The average Bonchev–Trinajstić information content (AvgIpc) is 2.41. The largest absolute Gasteiger partial charge is 0.480 e. The number of carbonyl (C=O) groups excluding carboxylic acids is 2. The van der Waals surface area contributed by atoms with Gasteiger partial charge in [0.05, 0.1) is 12.1 Å². The maximum Gasteiger partial charge on any atom is 0.328 e. The first-order valence-corrected chi connectivity index (χ1v) is 8.22. The van der Waals surface area contributed by atoms with Crippen molar-refractivity contribution in [3.63, 3.8) is 0 Å². The fraction of sp³-hybridized carbons (Fsp3) is 0.812. The normalized spacial score (nSPS) is 16.4. The van der Waals surface area contributed by atoms with Crippen molar-refractivity contribution in [2.24, 2.45) is 17.6 Å². The van der Waals surface area contributed by atoms with E-state index in [1.807, 2.05) is 27.7 Å². The number of amides is 2. The Kier molecular flexibility index (Phi) is 9.53. The summed E-state index contributed by atoms with van der Waals surface area (Å²) in [6.07, 6.45) is -0.448. The minimum Gasteiger partial charge on any atom is -0.480 e. The van der Waals surface area contributed by atoms with Gasteiger partial charge in [0.25, 0.3) is 0 Å². The van der Waals surface area contributed by atoms with E-state index in [1.54, 1.807) is 0 Å². The Balaban J connectivity index is 5.01. The van der Waals surface area contributed by atoms with Gasteiger partial charge < -0.3 is 26.6 Å². The highest BCUT2D eigenvalue weighted by Gasteiger charge is 2.30. The van der Waals surface area contributed by atoms with Crippen LogP contribution in [0.5, 0.6) is 0 Å². The van der Waals surface area contributed by atoms with Crippen LogP contribution < -0.4 is 16.4 Å². The van der Waals surface area contributed by atoms with Gasteiger partial charge in [-0.1, -0.05) is 27.7 Å². The topological polar surface area (TPSA) is 142 Å². The lowest BCUT2D eigenvalue weighted by molar-refractivity contribution is -0.145. The van der Waals surface area contributed by atoms with Gasteiger partial charge in [0, 0.05) is 0 Å². The summed E-state index contributed by atoms with van der Waals surface area (Å²) in [6, 6.07) is -3.08. The maximum atomic E-state index is 12.3. The lowest BCUT2D eigenvalue weighted by atomic mass is 10.00. The van der Waals surface area contributed by atoms with Crippen LogP contribution in [0, 0.1) is 11.8 Å². The maximum absolute atomic E-state index is 12.3. The van der Waals surface area contributed by atoms with Crippen LogP contribution in [-0.2, 0) is 14.4 Å². The predicted molar refractivity (Wildman–Crippen MR) is 90.1 cm³/mol. The zero-order chi connectivity index (χ0) is 19.0.